The van der Waals surface area contributed by atoms with Gasteiger partial charge in [0.25, 0.3) is 0 Å². The van der Waals surface area contributed by atoms with Crippen molar-refractivity contribution in [1.29, 1.82) is 0 Å². The number of rotatable bonds is 5. The Hall–Kier alpha value is -2.11. The fourth-order valence-corrected chi connectivity index (χ4v) is 5.53. The highest BCUT2D eigenvalue weighted by Crippen LogP contribution is 2.30. The number of piperidine rings is 1. The maximum absolute atomic E-state index is 12.9. The number of nitrogens with zero attached hydrogens (tertiary/aromatic N) is 1. The minimum atomic E-state index is -3.24. The van der Waals surface area contributed by atoms with Crippen molar-refractivity contribution in [3.05, 3.63) is 71.4 Å². The topological polar surface area (TPSA) is 53.2 Å². The zero-order chi connectivity index (χ0) is 18.9. The second-order valence-corrected chi connectivity index (χ2v) is 9.65. The van der Waals surface area contributed by atoms with Gasteiger partial charge in [-0.15, -0.1) is 0 Å². The van der Waals surface area contributed by atoms with Crippen LogP contribution in [0, 0.1) is 6.92 Å². The lowest BCUT2D eigenvalue weighted by atomic mass is 9.96. The van der Waals surface area contributed by atoms with E-state index in [1.807, 2.05) is 30.3 Å². The van der Waals surface area contributed by atoms with Gasteiger partial charge in [-0.1, -0.05) is 42.0 Å². The number of nitrogens with one attached hydrogen (secondary N) is 1. The number of sulfonamides is 1. The molecular weight excluding hydrogens is 356 g/mol. The van der Waals surface area contributed by atoms with Gasteiger partial charge in [-0.25, -0.2) is 12.7 Å². The van der Waals surface area contributed by atoms with Crippen molar-refractivity contribution < 1.29 is 8.42 Å². The Morgan fingerprint density at radius 2 is 1.93 bits per heavy atom. The Balaban J connectivity index is 1.48. The van der Waals surface area contributed by atoms with E-state index >= 15 is 0 Å². The number of aryl methyl sites for hydroxylation is 2. The normalized spacial score (nSPS) is 18.8. The van der Waals surface area contributed by atoms with E-state index in [0.717, 1.165) is 29.6 Å². The number of benzene rings is 2. The van der Waals surface area contributed by atoms with Crippen LogP contribution in [0.3, 0.4) is 0 Å². The van der Waals surface area contributed by atoms with Crippen LogP contribution in [0.1, 0.15) is 35.6 Å². The molecule has 0 amide bonds. The lowest BCUT2D eigenvalue weighted by Crippen LogP contribution is -2.40. The van der Waals surface area contributed by atoms with Crippen molar-refractivity contribution in [2.75, 3.05) is 18.8 Å². The van der Waals surface area contributed by atoms with E-state index in [4.69, 9.17) is 0 Å². The molecule has 2 heterocycles. The van der Waals surface area contributed by atoms with Crippen molar-refractivity contribution in [2.24, 2.45) is 0 Å². The van der Waals surface area contributed by atoms with Gasteiger partial charge >= 0.3 is 0 Å². The van der Waals surface area contributed by atoms with Crippen LogP contribution in [0.2, 0.25) is 0 Å². The average Bonchev–Trinajstić information content (AvgIpc) is 3.11. The SMILES string of the molecule is Cc1ccc2[nH]c(C3CCCN(S(=O)(=O)CCc4ccccc4)C3)cc2c1. The largest absolute Gasteiger partial charge is 0.358 e. The maximum atomic E-state index is 12.9. The maximum Gasteiger partial charge on any atom is 0.214 e. The lowest BCUT2D eigenvalue weighted by molar-refractivity contribution is 0.313. The first-order chi connectivity index (χ1) is 13.0. The van der Waals surface area contributed by atoms with Gasteiger partial charge in [0.05, 0.1) is 5.75 Å². The summed E-state index contributed by atoms with van der Waals surface area (Å²) in [5.74, 6) is 0.410. The third-order valence-corrected chi connectivity index (χ3v) is 7.34. The molecule has 27 heavy (non-hydrogen) atoms. The predicted molar refractivity (Wildman–Crippen MR) is 111 cm³/mol. The molecule has 5 heteroatoms. The first-order valence-electron chi connectivity index (χ1n) is 9.62. The van der Waals surface area contributed by atoms with E-state index < -0.39 is 10.0 Å². The summed E-state index contributed by atoms with van der Waals surface area (Å²) >= 11 is 0. The smallest absolute Gasteiger partial charge is 0.214 e. The van der Waals surface area contributed by atoms with E-state index in [1.165, 1.54) is 10.9 Å². The molecular formula is C22H26N2O2S. The summed E-state index contributed by atoms with van der Waals surface area (Å²) in [6.45, 7) is 3.30. The Morgan fingerprint density at radius 3 is 2.74 bits per heavy atom. The molecule has 1 atom stereocenters. The van der Waals surface area contributed by atoms with Gasteiger partial charge in [0.15, 0.2) is 0 Å². The summed E-state index contributed by atoms with van der Waals surface area (Å²) in [7, 11) is -3.24. The Morgan fingerprint density at radius 1 is 1.11 bits per heavy atom. The second kappa shape index (κ2) is 7.49. The van der Waals surface area contributed by atoms with Crippen LogP contribution < -0.4 is 0 Å². The number of aromatic amines is 1. The van der Waals surface area contributed by atoms with Crippen LogP contribution in [-0.2, 0) is 16.4 Å². The molecule has 1 N–H and O–H groups in total. The molecule has 1 unspecified atom stereocenters. The summed E-state index contributed by atoms with van der Waals surface area (Å²) in [6.07, 6.45) is 2.50. The molecule has 1 aromatic heterocycles. The molecule has 0 bridgehead atoms. The van der Waals surface area contributed by atoms with Gasteiger partial charge in [-0.3, -0.25) is 0 Å². The minimum absolute atomic E-state index is 0.176. The molecule has 142 valence electrons. The molecule has 1 aliphatic heterocycles. The lowest BCUT2D eigenvalue weighted by Gasteiger charge is -2.31. The van der Waals surface area contributed by atoms with Crippen LogP contribution in [0.5, 0.6) is 0 Å². The van der Waals surface area contributed by atoms with Crippen molar-refractivity contribution in [1.82, 2.24) is 9.29 Å². The van der Waals surface area contributed by atoms with Gasteiger partial charge < -0.3 is 4.98 Å². The highest BCUT2D eigenvalue weighted by atomic mass is 32.2. The van der Waals surface area contributed by atoms with E-state index in [9.17, 15) is 8.42 Å². The van der Waals surface area contributed by atoms with Crippen molar-refractivity contribution in [3.63, 3.8) is 0 Å². The zero-order valence-corrected chi connectivity index (χ0v) is 16.5. The Kier molecular flexibility index (Phi) is 5.06. The van der Waals surface area contributed by atoms with Gasteiger partial charge in [0, 0.05) is 30.2 Å². The number of aromatic nitrogens is 1. The first kappa shape index (κ1) is 18.3. The van der Waals surface area contributed by atoms with Crippen LogP contribution >= 0.6 is 0 Å². The van der Waals surface area contributed by atoms with Gasteiger partial charge in [-0.2, -0.15) is 0 Å². The monoisotopic (exact) mass is 382 g/mol. The van der Waals surface area contributed by atoms with Crippen LogP contribution in [-0.4, -0.2) is 36.5 Å². The van der Waals surface area contributed by atoms with Crippen molar-refractivity contribution >= 4 is 20.9 Å². The summed E-state index contributed by atoms with van der Waals surface area (Å²) < 4.78 is 27.4. The number of hydrogen-bond acceptors (Lipinski definition) is 2. The van der Waals surface area contributed by atoms with Crippen molar-refractivity contribution in [2.45, 2.75) is 32.1 Å². The summed E-state index contributed by atoms with van der Waals surface area (Å²) in [5.41, 5.74) is 4.58. The van der Waals surface area contributed by atoms with E-state index in [1.54, 1.807) is 4.31 Å². The van der Waals surface area contributed by atoms with E-state index in [2.05, 4.69) is 36.2 Å². The van der Waals surface area contributed by atoms with Gasteiger partial charge in [-0.05, 0) is 55.3 Å². The summed E-state index contributed by atoms with van der Waals surface area (Å²) in [4.78, 5) is 3.50. The molecule has 3 aromatic rings. The average molecular weight is 383 g/mol. The fourth-order valence-electron chi connectivity index (χ4n) is 3.96. The number of hydrogen-bond donors (Lipinski definition) is 1. The molecule has 1 saturated heterocycles. The molecule has 0 aliphatic carbocycles. The molecule has 0 spiro atoms. The molecule has 1 fully saturated rings. The third kappa shape index (κ3) is 4.09. The predicted octanol–water partition coefficient (Wildman–Crippen LogP) is 4.23. The van der Waals surface area contributed by atoms with E-state index in [0.29, 0.717) is 19.5 Å². The highest BCUT2D eigenvalue weighted by molar-refractivity contribution is 7.89. The highest BCUT2D eigenvalue weighted by Gasteiger charge is 2.30. The standard InChI is InChI=1S/C22H26N2O2S/c1-17-9-10-21-20(14-17)15-22(23-21)19-8-5-12-24(16-19)27(25,26)13-11-18-6-3-2-4-7-18/h2-4,6-7,9-10,14-15,19,23H,5,8,11-13,16H2,1H3. The molecule has 4 rings (SSSR count). The number of fused-ring (bicyclic) bond motifs is 1. The van der Waals surface area contributed by atoms with Gasteiger partial charge in [0.2, 0.25) is 10.0 Å². The second-order valence-electron chi connectivity index (χ2n) is 7.56. The Labute approximate surface area is 161 Å². The molecule has 0 radical (unpaired) electrons. The molecule has 0 saturated carbocycles. The quantitative estimate of drug-likeness (QED) is 0.718. The summed E-state index contributed by atoms with van der Waals surface area (Å²) in [5, 5.41) is 1.20. The number of H-pyrrole nitrogens is 1. The van der Waals surface area contributed by atoms with Crippen molar-refractivity contribution in [3.8, 4) is 0 Å². The van der Waals surface area contributed by atoms with Gasteiger partial charge in [0.1, 0.15) is 0 Å². The molecule has 4 nitrogen and oxygen atoms in total. The third-order valence-electron chi connectivity index (χ3n) is 5.51. The Bertz CT molecular complexity index is 1020. The summed E-state index contributed by atoms with van der Waals surface area (Å²) in [6, 6.07) is 18.4. The van der Waals surface area contributed by atoms with Crippen LogP contribution in [0.25, 0.3) is 10.9 Å². The van der Waals surface area contributed by atoms with Crippen LogP contribution in [0.4, 0.5) is 0 Å². The fraction of sp³-hybridized carbons (Fsp3) is 0.364. The molecule has 1 aliphatic rings. The minimum Gasteiger partial charge on any atom is -0.358 e. The van der Waals surface area contributed by atoms with E-state index in [-0.39, 0.29) is 11.7 Å². The first-order valence-corrected chi connectivity index (χ1v) is 11.2. The van der Waals surface area contributed by atoms with Crippen LogP contribution in [0.15, 0.2) is 54.6 Å². The zero-order valence-electron chi connectivity index (χ0n) is 15.7. The molecule has 2 aromatic carbocycles.